The minimum absolute atomic E-state index is 0.148. The van der Waals surface area contributed by atoms with Crippen molar-refractivity contribution in [2.75, 3.05) is 0 Å². The number of halogens is 1. The fraction of sp³-hybridized carbons (Fsp3) is 0.0769. The van der Waals surface area contributed by atoms with Crippen LogP contribution in [0.3, 0.4) is 0 Å². The van der Waals surface area contributed by atoms with Crippen molar-refractivity contribution in [3.8, 4) is 11.6 Å². The molecular weight excluding hydrogens is 266 g/mol. The molecule has 0 unspecified atom stereocenters. The molecule has 6 heteroatoms. The smallest absolute Gasteiger partial charge is 0.238 e. The fourth-order valence-corrected chi connectivity index (χ4v) is 1.79. The van der Waals surface area contributed by atoms with E-state index in [1.54, 1.807) is 24.3 Å². The Morgan fingerprint density at radius 3 is 2.79 bits per heavy atom. The molecule has 0 atom stereocenters. The molecule has 1 aromatic heterocycles. The number of benzene rings is 1. The minimum Gasteiger partial charge on any atom is -0.437 e. The molecule has 0 radical (unpaired) electrons. The summed E-state index contributed by atoms with van der Waals surface area (Å²) in [4.78, 5) is 4.00. The summed E-state index contributed by atoms with van der Waals surface area (Å²) in [5.74, 6) is 0.447. The van der Waals surface area contributed by atoms with Gasteiger partial charge in [0.15, 0.2) is 0 Å². The molecule has 0 bridgehead atoms. The maximum Gasteiger partial charge on any atom is 0.238 e. The standard InChI is InChI=1S/C13H12ClN3O2/c14-11-9(12(15)16)5-6-17-13(11)19-10-4-2-1-3-8(10)7-18/h1-6,18H,7H2,(H3,15,16). The summed E-state index contributed by atoms with van der Waals surface area (Å²) in [5.41, 5.74) is 6.38. The van der Waals surface area contributed by atoms with E-state index in [0.29, 0.717) is 16.9 Å². The highest BCUT2D eigenvalue weighted by atomic mass is 35.5. The first-order valence-electron chi connectivity index (χ1n) is 5.49. The second kappa shape index (κ2) is 5.69. The van der Waals surface area contributed by atoms with Crippen LogP contribution < -0.4 is 10.5 Å². The van der Waals surface area contributed by atoms with Gasteiger partial charge in [-0.1, -0.05) is 29.8 Å². The molecule has 2 aromatic rings. The molecule has 19 heavy (non-hydrogen) atoms. The SMILES string of the molecule is N=C(N)c1ccnc(Oc2ccccc2CO)c1Cl. The lowest BCUT2D eigenvalue weighted by atomic mass is 10.2. The Kier molecular flexibility index (Phi) is 3.99. The summed E-state index contributed by atoms with van der Waals surface area (Å²) in [6.07, 6.45) is 1.46. The van der Waals surface area contributed by atoms with Gasteiger partial charge in [-0.05, 0) is 12.1 Å². The number of nitrogens with one attached hydrogen (secondary N) is 1. The van der Waals surface area contributed by atoms with Gasteiger partial charge in [-0.25, -0.2) is 4.98 Å². The van der Waals surface area contributed by atoms with Crippen LogP contribution in [0.1, 0.15) is 11.1 Å². The number of nitrogens with two attached hydrogens (primary N) is 1. The number of aliphatic hydroxyl groups excluding tert-OH is 1. The van der Waals surface area contributed by atoms with Crippen LogP contribution in [0.4, 0.5) is 0 Å². The number of ether oxygens (including phenoxy) is 1. The summed E-state index contributed by atoms with van der Waals surface area (Å²) >= 11 is 6.08. The monoisotopic (exact) mass is 277 g/mol. The summed E-state index contributed by atoms with van der Waals surface area (Å²) in [6, 6.07) is 8.54. The normalized spacial score (nSPS) is 10.2. The second-order valence-corrected chi connectivity index (χ2v) is 4.14. The average molecular weight is 278 g/mol. The molecular formula is C13H12ClN3O2. The molecule has 0 saturated heterocycles. The molecule has 0 aliphatic heterocycles. The highest BCUT2D eigenvalue weighted by Crippen LogP contribution is 2.31. The van der Waals surface area contributed by atoms with Crippen LogP contribution in [0.5, 0.6) is 11.6 Å². The number of hydrogen-bond acceptors (Lipinski definition) is 4. The Bertz CT molecular complexity index is 617. The molecule has 0 spiro atoms. The molecule has 0 aliphatic rings. The van der Waals surface area contributed by atoms with Crippen molar-refractivity contribution in [3.63, 3.8) is 0 Å². The zero-order chi connectivity index (χ0) is 13.8. The van der Waals surface area contributed by atoms with Crippen LogP contribution in [-0.2, 0) is 6.61 Å². The maximum absolute atomic E-state index is 9.22. The first-order valence-corrected chi connectivity index (χ1v) is 5.86. The van der Waals surface area contributed by atoms with Crippen molar-refractivity contribution in [1.29, 1.82) is 5.41 Å². The molecule has 2 rings (SSSR count). The summed E-state index contributed by atoms with van der Waals surface area (Å²) < 4.78 is 5.57. The number of pyridine rings is 1. The first kappa shape index (κ1) is 13.3. The molecule has 0 aliphatic carbocycles. The van der Waals surface area contributed by atoms with Crippen molar-refractivity contribution >= 4 is 17.4 Å². The van der Waals surface area contributed by atoms with Gasteiger partial charge in [0, 0.05) is 17.3 Å². The summed E-state index contributed by atoms with van der Waals surface area (Å²) in [5, 5.41) is 16.8. The molecule has 1 heterocycles. The predicted molar refractivity (Wildman–Crippen MR) is 72.7 cm³/mol. The van der Waals surface area contributed by atoms with Crippen LogP contribution >= 0.6 is 11.6 Å². The average Bonchev–Trinajstić information content (AvgIpc) is 2.41. The van der Waals surface area contributed by atoms with Crippen molar-refractivity contribution in [2.24, 2.45) is 5.73 Å². The van der Waals surface area contributed by atoms with E-state index in [2.05, 4.69) is 4.98 Å². The van der Waals surface area contributed by atoms with Crippen LogP contribution in [0, 0.1) is 5.41 Å². The van der Waals surface area contributed by atoms with Crippen molar-refractivity contribution in [2.45, 2.75) is 6.61 Å². The molecule has 0 saturated carbocycles. The number of aliphatic hydroxyl groups is 1. The zero-order valence-electron chi connectivity index (χ0n) is 9.93. The van der Waals surface area contributed by atoms with E-state index in [1.165, 1.54) is 12.3 Å². The third kappa shape index (κ3) is 2.83. The van der Waals surface area contributed by atoms with Gasteiger partial charge >= 0.3 is 0 Å². The largest absolute Gasteiger partial charge is 0.437 e. The molecule has 98 valence electrons. The third-order valence-electron chi connectivity index (χ3n) is 2.50. The fourth-order valence-electron chi connectivity index (χ4n) is 1.54. The molecule has 0 fully saturated rings. The number of rotatable bonds is 4. The zero-order valence-corrected chi connectivity index (χ0v) is 10.7. The van der Waals surface area contributed by atoms with Gasteiger partial charge in [-0.3, -0.25) is 5.41 Å². The second-order valence-electron chi connectivity index (χ2n) is 3.76. The number of hydrogen-bond donors (Lipinski definition) is 3. The van der Waals surface area contributed by atoms with E-state index in [9.17, 15) is 5.11 Å². The van der Waals surface area contributed by atoms with Gasteiger partial charge in [0.25, 0.3) is 0 Å². The highest BCUT2D eigenvalue weighted by Gasteiger charge is 2.13. The van der Waals surface area contributed by atoms with Crippen molar-refractivity contribution in [3.05, 3.63) is 52.7 Å². The Morgan fingerprint density at radius 2 is 2.11 bits per heavy atom. The number of amidine groups is 1. The van der Waals surface area contributed by atoms with Gasteiger partial charge in [0.1, 0.15) is 16.6 Å². The van der Waals surface area contributed by atoms with Gasteiger partial charge in [-0.2, -0.15) is 0 Å². The lowest BCUT2D eigenvalue weighted by molar-refractivity contribution is 0.276. The number of nitrogen functional groups attached to an aromatic ring is 1. The van der Waals surface area contributed by atoms with Gasteiger partial charge in [0.05, 0.1) is 6.61 Å². The molecule has 0 amide bonds. The number of aromatic nitrogens is 1. The Morgan fingerprint density at radius 1 is 1.37 bits per heavy atom. The number of nitrogens with zero attached hydrogens (tertiary/aromatic N) is 1. The van der Waals surface area contributed by atoms with Crippen LogP contribution in [0.25, 0.3) is 0 Å². The maximum atomic E-state index is 9.22. The minimum atomic E-state index is -0.160. The quantitative estimate of drug-likeness (QED) is 0.590. The Hall–Kier alpha value is -2.11. The van der Waals surface area contributed by atoms with E-state index in [4.69, 9.17) is 27.5 Å². The summed E-state index contributed by atoms with van der Waals surface area (Å²) in [6.45, 7) is -0.153. The number of para-hydroxylation sites is 1. The molecule has 5 nitrogen and oxygen atoms in total. The van der Waals surface area contributed by atoms with Gasteiger partial charge in [0.2, 0.25) is 5.88 Å². The third-order valence-corrected chi connectivity index (χ3v) is 2.86. The predicted octanol–water partition coefficient (Wildman–Crippen LogP) is 2.30. The lowest BCUT2D eigenvalue weighted by Gasteiger charge is -2.11. The first-order chi connectivity index (χ1) is 9.13. The van der Waals surface area contributed by atoms with E-state index in [1.807, 2.05) is 0 Å². The highest BCUT2D eigenvalue weighted by molar-refractivity contribution is 6.35. The van der Waals surface area contributed by atoms with Crippen LogP contribution in [0.15, 0.2) is 36.5 Å². The van der Waals surface area contributed by atoms with Crippen LogP contribution in [0.2, 0.25) is 5.02 Å². The Labute approximate surface area is 115 Å². The van der Waals surface area contributed by atoms with E-state index in [-0.39, 0.29) is 23.3 Å². The van der Waals surface area contributed by atoms with Crippen molar-refractivity contribution < 1.29 is 9.84 Å². The Balaban J connectivity index is 2.39. The topological polar surface area (TPSA) is 92.2 Å². The lowest BCUT2D eigenvalue weighted by Crippen LogP contribution is -2.12. The van der Waals surface area contributed by atoms with E-state index in [0.717, 1.165) is 0 Å². The van der Waals surface area contributed by atoms with E-state index >= 15 is 0 Å². The van der Waals surface area contributed by atoms with Crippen LogP contribution in [-0.4, -0.2) is 15.9 Å². The van der Waals surface area contributed by atoms with E-state index < -0.39 is 0 Å². The van der Waals surface area contributed by atoms with Gasteiger partial charge < -0.3 is 15.6 Å². The van der Waals surface area contributed by atoms with Gasteiger partial charge in [-0.15, -0.1) is 0 Å². The summed E-state index contributed by atoms with van der Waals surface area (Å²) in [7, 11) is 0. The van der Waals surface area contributed by atoms with Crippen molar-refractivity contribution in [1.82, 2.24) is 4.98 Å². The molecule has 1 aromatic carbocycles. The molecule has 4 N–H and O–H groups in total.